The van der Waals surface area contributed by atoms with Gasteiger partial charge in [0.25, 0.3) is 5.56 Å². The monoisotopic (exact) mass is 321 g/mol. The molecule has 1 atom stereocenters. The van der Waals surface area contributed by atoms with Crippen LogP contribution in [0.25, 0.3) is 0 Å². The number of rotatable bonds is 2. The molecule has 0 radical (unpaired) electrons. The van der Waals surface area contributed by atoms with Gasteiger partial charge in [0.15, 0.2) is 0 Å². The number of nitrogens with zero attached hydrogens (tertiary/aromatic N) is 3. The molecule has 1 aromatic rings. The second kappa shape index (κ2) is 6.05. The zero-order valence-electron chi connectivity index (χ0n) is 13.9. The molecule has 0 aliphatic carbocycles. The van der Waals surface area contributed by atoms with Crippen LogP contribution in [-0.4, -0.2) is 51.8 Å². The van der Waals surface area contributed by atoms with E-state index in [9.17, 15) is 9.59 Å². The summed E-state index contributed by atoms with van der Waals surface area (Å²) in [5.41, 5.74) is 0.803. The lowest BCUT2D eigenvalue weighted by Gasteiger charge is -2.41. The Morgan fingerprint density at radius 1 is 1.48 bits per heavy atom. The number of ether oxygens (including phenoxy) is 2. The molecule has 7 nitrogen and oxygen atoms in total. The lowest BCUT2D eigenvalue weighted by atomic mass is 10.1. The molecule has 0 saturated carbocycles. The molecule has 3 heterocycles. The normalized spacial score (nSPS) is 23.4. The first kappa shape index (κ1) is 16.1. The average molecular weight is 321 g/mol. The minimum Gasteiger partial charge on any atom is -0.376 e. The predicted octanol–water partition coefficient (Wildman–Crippen LogP) is 0.342. The quantitative estimate of drug-likeness (QED) is 0.785. The number of aromatic nitrogens is 2. The summed E-state index contributed by atoms with van der Waals surface area (Å²) in [6.07, 6.45) is 2.10. The summed E-state index contributed by atoms with van der Waals surface area (Å²) >= 11 is 0. The van der Waals surface area contributed by atoms with Gasteiger partial charge in [-0.15, -0.1) is 0 Å². The third-order valence-corrected chi connectivity index (χ3v) is 4.18. The zero-order chi connectivity index (χ0) is 16.6. The van der Waals surface area contributed by atoms with Crippen molar-refractivity contribution < 1.29 is 14.3 Å². The van der Waals surface area contributed by atoms with Crippen LogP contribution in [0, 0.1) is 0 Å². The Balaban J connectivity index is 1.77. The van der Waals surface area contributed by atoms with Crippen molar-refractivity contribution in [3.63, 3.8) is 0 Å². The minimum atomic E-state index is -0.375. The van der Waals surface area contributed by atoms with E-state index in [0.717, 1.165) is 5.69 Å². The van der Waals surface area contributed by atoms with Crippen molar-refractivity contribution in [3.8, 4) is 0 Å². The Morgan fingerprint density at radius 2 is 2.26 bits per heavy atom. The molecule has 1 aromatic heterocycles. The molecule has 1 unspecified atom stereocenters. The van der Waals surface area contributed by atoms with Crippen LogP contribution in [0.1, 0.15) is 32.0 Å². The Bertz CT molecular complexity index is 668. The van der Waals surface area contributed by atoms with Crippen molar-refractivity contribution in [3.05, 3.63) is 27.9 Å². The Kier molecular flexibility index (Phi) is 4.25. The van der Waals surface area contributed by atoms with E-state index in [-0.39, 0.29) is 36.3 Å². The highest BCUT2D eigenvalue weighted by Gasteiger charge is 2.33. The molecule has 0 bridgehead atoms. The van der Waals surface area contributed by atoms with Crippen LogP contribution in [0.5, 0.6) is 0 Å². The van der Waals surface area contributed by atoms with E-state index >= 15 is 0 Å². The van der Waals surface area contributed by atoms with Crippen molar-refractivity contribution in [2.45, 2.75) is 52.0 Å². The van der Waals surface area contributed by atoms with Crippen molar-refractivity contribution in [2.75, 3.05) is 19.7 Å². The van der Waals surface area contributed by atoms with Crippen LogP contribution in [0.3, 0.4) is 0 Å². The SMILES string of the molecule is CC1CN(C(=O)Cn2cnc3c(c2=O)COCC3)CC(C)(C)O1. The van der Waals surface area contributed by atoms with E-state index in [4.69, 9.17) is 9.47 Å². The number of amides is 1. The van der Waals surface area contributed by atoms with Gasteiger partial charge in [0, 0.05) is 19.5 Å². The second-order valence-corrected chi connectivity index (χ2v) is 6.87. The molecule has 7 heteroatoms. The van der Waals surface area contributed by atoms with Crippen LogP contribution < -0.4 is 5.56 Å². The van der Waals surface area contributed by atoms with Gasteiger partial charge in [0.05, 0.1) is 42.5 Å². The molecule has 0 N–H and O–H groups in total. The van der Waals surface area contributed by atoms with E-state index in [2.05, 4.69) is 4.98 Å². The lowest BCUT2D eigenvalue weighted by molar-refractivity contribution is -0.158. The molecule has 23 heavy (non-hydrogen) atoms. The molecule has 1 saturated heterocycles. The molecule has 2 aliphatic heterocycles. The third kappa shape index (κ3) is 3.45. The molecular weight excluding hydrogens is 298 g/mol. The van der Waals surface area contributed by atoms with E-state index in [1.54, 1.807) is 4.90 Å². The second-order valence-electron chi connectivity index (χ2n) is 6.87. The number of carbonyl (C=O) groups excluding carboxylic acids is 1. The Labute approximate surface area is 135 Å². The fourth-order valence-electron chi connectivity index (χ4n) is 3.27. The van der Waals surface area contributed by atoms with Crippen molar-refractivity contribution in [2.24, 2.45) is 0 Å². The summed E-state index contributed by atoms with van der Waals surface area (Å²) < 4.78 is 12.5. The number of morpholine rings is 1. The zero-order valence-corrected chi connectivity index (χ0v) is 13.9. The van der Waals surface area contributed by atoms with Gasteiger partial charge in [0.2, 0.25) is 5.91 Å². The molecule has 3 rings (SSSR count). The van der Waals surface area contributed by atoms with Gasteiger partial charge >= 0.3 is 0 Å². The van der Waals surface area contributed by atoms with Crippen LogP contribution in [0.2, 0.25) is 0 Å². The first-order valence-electron chi connectivity index (χ1n) is 7.96. The van der Waals surface area contributed by atoms with Gasteiger partial charge in [0.1, 0.15) is 6.54 Å². The summed E-state index contributed by atoms with van der Waals surface area (Å²) in [5.74, 6) is -0.0891. The van der Waals surface area contributed by atoms with Gasteiger partial charge in [-0.05, 0) is 20.8 Å². The summed E-state index contributed by atoms with van der Waals surface area (Å²) in [6.45, 7) is 7.80. The summed E-state index contributed by atoms with van der Waals surface area (Å²) in [6, 6.07) is 0. The molecule has 2 aliphatic rings. The first-order chi connectivity index (χ1) is 10.9. The topological polar surface area (TPSA) is 73.7 Å². The maximum Gasteiger partial charge on any atom is 0.259 e. The van der Waals surface area contributed by atoms with Gasteiger partial charge in [-0.2, -0.15) is 0 Å². The molecule has 1 amide bonds. The molecule has 0 spiro atoms. The number of hydrogen-bond acceptors (Lipinski definition) is 5. The van der Waals surface area contributed by atoms with Crippen LogP contribution in [0.4, 0.5) is 0 Å². The Hall–Kier alpha value is -1.73. The fraction of sp³-hybridized carbons (Fsp3) is 0.688. The van der Waals surface area contributed by atoms with Gasteiger partial charge in [-0.3, -0.25) is 14.2 Å². The van der Waals surface area contributed by atoms with Gasteiger partial charge in [-0.25, -0.2) is 4.98 Å². The standard InChI is InChI=1S/C16H23N3O4/c1-11-6-18(9-16(2,3)23-11)14(20)7-19-10-17-13-4-5-22-8-12(13)15(19)21/h10-11H,4-9H2,1-3H3. The predicted molar refractivity (Wildman–Crippen MR) is 83.1 cm³/mol. The highest BCUT2D eigenvalue weighted by molar-refractivity contribution is 5.76. The molecule has 126 valence electrons. The van der Waals surface area contributed by atoms with Crippen molar-refractivity contribution in [1.29, 1.82) is 0 Å². The Morgan fingerprint density at radius 3 is 3.00 bits per heavy atom. The fourth-order valence-corrected chi connectivity index (χ4v) is 3.27. The van der Waals surface area contributed by atoms with Gasteiger partial charge < -0.3 is 14.4 Å². The summed E-state index contributed by atoms with van der Waals surface area (Å²) in [7, 11) is 0. The van der Waals surface area contributed by atoms with Crippen LogP contribution in [-0.2, 0) is 33.8 Å². The smallest absolute Gasteiger partial charge is 0.259 e. The van der Waals surface area contributed by atoms with E-state index < -0.39 is 0 Å². The number of hydrogen-bond donors (Lipinski definition) is 0. The highest BCUT2D eigenvalue weighted by Crippen LogP contribution is 2.21. The first-order valence-corrected chi connectivity index (χ1v) is 7.96. The van der Waals surface area contributed by atoms with Crippen molar-refractivity contribution in [1.82, 2.24) is 14.5 Å². The molecule has 0 aromatic carbocycles. The maximum atomic E-state index is 12.6. The van der Waals surface area contributed by atoms with Crippen LogP contribution in [0.15, 0.2) is 11.1 Å². The van der Waals surface area contributed by atoms with E-state index in [1.807, 2.05) is 20.8 Å². The number of fused-ring (bicyclic) bond motifs is 1. The van der Waals surface area contributed by atoms with E-state index in [1.165, 1.54) is 10.9 Å². The molecular formula is C16H23N3O4. The number of carbonyl (C=O) groups is 1. The summed E-state index contributed by atoms with van der Waals surface area (Å²) in [5, 5.41) is 0. The highest BCUT2D eigenvalue weighted by atomic mass is 16.5. The van der Waals surface area contributed by atoms with Crippen LogP contribution >= 0.6 is 0 Å². The third-order valence-electron chi connectivity index (χ3n) is 4.18. The minimum absolute atomic E-state index is 0.00190. The van der Waals surface area contributed by atoms with Crippen molar-refractivity contribution >= 4 is 5.91 Å². The van der Waals surface area contributed by atoms with E-state index in [0.29, 0.717) is 31.7 Å². The molecule has 1 fully saturated rings. The largest absolute Gasteiger partial charge is 0.376 e. The summed E-state index contributed by atoms with van der Waals surface area (Å²) in [4.78, 5) is 31.1. The van der Waals surface area contributed by atoms with Gasteiger partial charge in [-0.1, -0.05) is 0 Å². The average Bonchev–Trinajstić information content (AvgIpc) is 2.48. The maximum absolute atomic E-state index is 12.6. The lowest BCUT2D eigenvalue weighted by Crippen LogP contribution is -2.54.